The number of nitrogens with one attached hydrogen (secondary N) is 1. The first-order chi connectivity index (χ1) is 19.3. The van der Waals surface area contributed by atoms with E-state index in [1.165, 1.54) is 10.9 Å². The topological polar surface area (TPSA) is 109 Å². The quantitative estimate of drug-likeness (QED) is 0.390. The molecule has 0 aliphatic carbocycles. The van der Waals surface area contributed by atoms with Gasteiger partial charge in [-0.25, -0.2) is 24.0 Å². The summed E-state index contributed by atoms with van der Waals surface area (Å²) in [4.78, 5) is 32.2. The number of carbonyl (C=O) groups excluding carboxylic acids is 1. The Labute approximate surface area is 232 Å². The van der Waals surface area contributed by atoms with Crippen molar-refractivity contribution in [3.05, 3.63) is 77.0 Å². The molecule has 11 heteroatoms. The number of H-pyrrole nitrogens is 1. The molecule has 4 aromatic heterocycles. The number of hydrogen-bond donors (Lipinski definition) is 1. The highest BCUT2D eigenvalue weighted by atomic mass is 19.1. The van der Waals surface area contributed by atoms with Crippen molar-refractivity contribution in [2.24, 2.45) is 5.41 Å². The number of aromatic nitrogens is 7. The Morgan fingerprint density at radius 2 is 1.88 bits per heavy atom. The van der Waals surface area contributed by atoms with Crippen LogP contribution in [0.2, 0.25) is 0 Å². The van der Waals surface area contributed by atoms with Gasteiger partial charge in [0, 0.05) is 43.6 Å². The molecule has 0 aromatic carbocycles. The molecule has 0 bridgehead atoms. The number of halogens is 1. The number of hydrogen-bond acceptors (Lipinski definition) is 7. The molecule has 1 spiro atoms. The van der Waals surface area contributed by atoms with Gasteiger partial charge in [-0.1, -0.05) is 6.07 Å². The summed E-state index contributed by atoms with van der Waals surface area (Å²) in [7, 11) is 0. The highest BCUT2D eigenvalue weighted by molar-refractivity contribution is 5.84. The Hall–Kier alpha value is -4.15. The van der Waals surface area contributed by atoms with Crippen molar-refractivity contribution < 1.29 is 9.18 Å². The van der Waals surface area contributed by atoms with E-state index in [1.807, 2.05) is 43.0 Å². The van der Waals surface area contributed by atoms with Crippen LogP contribution in [-0.4, -0.2) is 65.4 Å². The molecule has 40 heavy (non-hydrogen) atoms. The van der Waals surface area contributed by atoms with E-state index in [0.717, 1.165) is 85.8 Å². The predicted molar refractivity (Wildman–Crippen MR) is 147 cm³/mol. The predicted octanol–water partition coefficient (Wildman–Crippen LogP) is 4.10. The molecule has 1 unspecified atom stereocenters. The number of piperidine rings is 2. The second-order valence-corrected chi connectivity index (χ2v) is 11.1. The van der Waals surface area contributed by atoms with Gasteiger partial charge in [0.05, 0.1) is 35.2 Å². The average Bonchev–Trinajstić information content (AvgIpc) is 3.57. The van der Waals surface area contributed by atoms with Gasteiger partial charge in [0.2, 0.25) is 11.9 Å². The fourth-order valence-electron chi connectivity index (χ4n) is 6.05. The van der Waals surface area contributed by atoms with Gasteiger partial charge in [-0.3, -0.25) is 9.89 Å². The van der Waals surface area contributed by atoms with Crippen LogP contribution in [0.3, 0.4) is 0 Å². The molecule has 6 rings (SSSR count). The van der Waals surface area contributed by atoms with Gasteiger partial charge in [-0.05, 0) is 70.2 Å². The van der Waals surface area contributed by atoms with E-state index in [9.17, 15) is 9.18 Å². The Kier molecular flexibility index (Phi) is 6.81. The standard InChI is InChI=1S/C29H34FN9O/c1-19-13-24(15-25-14-20(2)35-36-25)34-28(33-19)37-11-8-29(9-12-37)7-4-10-38(27(29)40)21(3)22-5-6-26(31-16-22)39-18-23(30)17-32-39/h5-6,13-14,16-18,21H,4,7-12,15H2,1-3H3,(H,35,36). The minimum Gasteiger partial charge on any atom is -0.341 e. The van der Waals surface area contributed by atoms with Gasteiger partial charge in [0.15, 0.2) is 11.6 Å². The zero-order valence-electron chi connectivity index (χ0n) is 23.1. The lowest BCUT2D eigenvalue weighted by Crippen LogP contribution is -2.54. The van der Waals surface area contributed by atoms with Crippen LogP contribution >= 0.6 is 0 Å². The molecule has 2 aliphatic heterocycles. The smallest absolute Gasteiger partial charge is 0.229 e. The first-order valence-corrected chi connectivity index (χ1v) is 13.9. The average molecular weight is 544 g/mol. The number of amides is 1. The molecule has 6 heterocycles. The van der Waals surface area contributed by atoms with Gasteiger partial charge in [0.1, 0.15) is 0 Å². The van der Waals surface area contributed by atoms with Crippen LogP contribution in [0.15, 0.2) is 42.9 Å². The van der Waals surface area contributed by atoms with Crippen LogP contribution < -0.4 is 4.90 Å². The molecule has 2 aliphatic rings. The highest BCUT2D eigenvalue weighted by Crippen LogP contribution is 2.43. The van der Waals surface area contributed by atoms with Gasteiger partial charge in [-0.15, -0.1) is 0 Å². The molecular formula is C29H34FN9O. The zero-order chi connectivity index (χ0) is 27.9. The van der Waals surface area contributed by atoms with Gasteiger partial charge < -0.3 is 9.80 Å². The fourth-order valence-corrected chi connectivity index (χ4v) is 6.05. The maximum atomic E-state index is 14.0. The van der Waals surface area contributed by atoms with E-state index in [2.05, 4.69) is 32.1 Å². The molecule has 2 fully saturated rings. The lowest BCUT2D eigenvalue weighted by molar-refractivity contribution is -0.150. The first-order valence-electron chi connectivity index (χ1n) is 13.9. The third-order valence-corrected chi connectivity index (χ3v) is 8.30. The summed E-state index contributed by atoms with van der Waals surface area (Å²) in [5.41, 5.74) is 4.46. The van der Waals surface area contributed by atoms with Crippen molar-refractivity contribution in [3.8, 4) is 5.82 Å². The summed E-state index contributed by atoms with van der Waals surface area (Å²) in [6, 6.07) is 7.70. The van der Waals surface area contributed by atoms with Crippen LogP contribution in [0.5, 0.6) is 0 Å². The Morgan fingerprint density at radius 1 is 1.05 bits per heavy atom. The lowest BCUT2D eigenvalue weighted by atomic mass is 9.71. The molecule has 208 valence electrons. The number of aromatic amines is 1. The zero-order valence-corrected chi connectivity index (χ0v) is 23.1. The number of rotatable bonds is 6. The molecule has 10 nitrogen and oxygen atoms in total. The molecule has 2 saturated heterocycles. The molecule has 1 atom stereocenters. The number of carbonyl (C=O) groups is 1. The van der Waals surface area contributed by atoms with Crippen LogP contribution in [0, 0.1) is 25.1 Å². The Balaban J connectivity index is 1.13. The summed E-state index contributed by atoms with van der Waals surface area (Å²) >= 11 is 0. The lowest BCUT2D eigenvalue weighted by Gasteiger charge is -2.48. The van der Waals surface area contributed by atoms with E-state index >= 15 is 0 Å². The third-order valence-electron chi connectivity index (χ3n) is 8.30. The fraction of sp³-hybridized carbons (Fsp3) is 0.448. The van der Waals surface area contributed by atoms with Crippen molar-refractivity contribution >= 4 is 11.9 Å². The van der Waals surface area contributed by atoms with Crippen LogP contribution in [0.25, 0.3) is 5.82 Å². The van der Waals surface area contributed by atoms with Crippen molar-refractivity contribution in [2.75, 3.05) is 24.5 Å². The Bertz CT molecular complexity index is 1500. The van der Waals surface area contributed by atoms with Crippen LogP contribution in [0.1, 0.15) is 67.0 Å². The minimum atomic E-state index is -0.409. The van der Waals surface area contributed by atoms with E-state index in [4.69, 9.17) is 9.97 Å². The van der Waals surface area contributed by atoms with Gasteiger partial charge in [0.25, 0.3) is 0 Å². The molecule has 0 saturated carbocycles. The van der Waals surface area contributed by atoms with E-state index in [-0.39, 0.29) is 17.4 Å². The van der Waals surface area contributed by atoms with Crippen LogP contribution in [-0.2, 0) is 11.2 Å². The largest absolute Gasteiger partial charge is 0.341 e. The number of anilines is 1. The summed E-state index contributed by atoms with van der Waals surface area (Å²) in [5.74, 6) is 1.08. The number of likely N-dealkylation sites (tertiary alicyclic amines) is 1. The van der Waals surface area contributed by atoms with Crippen molar-refractivity contribution in [1.29, 1.82) is 0 Å². The van der Waals surface area contributed by atoms with E-state index in [0.29, 0.717) is 12.2 Å². The summed E-state index contributed by atoms with van der Waals surface area (Å²) in [6.07, 6.45) is 8.29. The second kappa shape index (κ2) is 10.4. The molecule has 1 amide bonds. The monoisotopic (exact) mass is 543 g/mol. The molecular weight excluding hydrogens is 509 g/mol. The minimum absolute atomic E-state index is 0.105. The Morgan fingerprint density at radius 3 is 2.55 bits per heavy atom. The van der Waals surface area contributed by atoms with E-state index in [1.54, 1.807) is 6.20 Å². The molecule has 4 aromatic rings. The van der Waals surface area contributed by atoms with Crippen molar-refractivity contribution in [1.82, 2.24) is 39.8 Å². The summed E-state index contributed by atoms with van der Waals surface area (Å²) < 4.78 is 14.7. The van der Waals surface area contributed by atoms with Crippen molar-refractivity contribution in [3.63, 3.8) is 0 Å². The maximum Gasteiger partial charge on any atom is 0.229 e. The SMILES string of the molecule is Cc1cc(Cc2cc(C)[nH]n2)nc(N2CCC3(CCCN(C(C)c4ccc(-n5cc(F)cn5)nc4)C3=O)CC2)n1. The van der Waals surface area contributed by atoms with Gasteiger partial charge in [-0.2, -0.15) is 10.2 Å². The molecule has 0 radical (unpaired) electrons. The molecule has 1 N–H and O–H groups in total. The normalized spacial score (nSPS) is 17.9. The highest BCUT2D eigenvalue weighted by Gasteiger charge is 2.47. The number of nitrogens with zero attached hydrogens (tertiary/aromatic N) is 8. The second-order valence-electron chi connectivity index (χ2n) is 11.1. The van der Waals surface area contributed by atoms with Crippen molar-refractivity contribution in [2.45, 2.75) is 58.9 Å². The van der Waals surface area contributed by atoms with Gasteiger partial charge >= 0.3 is 0 Å². The third kappa shape index (κ3) is 5.07. The maximum absolute atomic E-state index is 14.0. The summed E-state index contributed by atoms with van der Waals surface area (Å²) in [5, 5.41) is 11.3. The van der Waals surface area contributed by atoms with E-state index < -0.39 is 5.82 Å². The summed E-state index contributed by atoms with van der Waals surface area (Å²) in [6.45, 7) is 8.26. The number of pyridine rings is 1. The van der Waals surface area contributed by atoms with Crippen LogP contribution in [0.4, 0.5) is 10.3 Å². The number of aryl methyl sites for hydroxylation is 2. The first kappa shape index (κ1) is 26.1.